The summed E-state index contributed by atoms with van der Waals surface area (Å²) in [6, 6.07) is 14.1. The monoisotopic (exact) mass is 331 g/mol. The van der Waals surface area contributed by atoms with Crippen molar-refractivity contribution in [1.29, 1.82) is 0 Å². The Hall–Kier alpha value is -2.24. The molecule has 1 aliphatic heterocycles. The number of H-pyrrole nitrogens is 1. The van der Waals surface area contributed by atoms with Gasteiger partial charge in [-0.15, -0.1) is 0 Å². The molecule has 2 heterocycles. The minimum absolute atomic E-state index is 0.0586. The van der Waals surface area contributed by atoms with Gasteiger partial charge in [-0.1, -0.05) is 41.9 Å². The van der Waals surface area contributed by atoms with Crippen LogP contribution in [0, 0.1) is 5.82 Å². The Bertz CT molecular complexity index is 747. The fourth-order valence-electron chi connectivity index (χ4n) is 2.43. The Labute approximate surface area is 138 Å². The lowest BCUT2D eigenvalue weighted by Gasteiger charge is -2.07. The molecule has 0 spiro atoms. The van der Waals surface area contributed by atoms with E-state index < -0.39 is 5.60 Å². The fourth-order valence-corrected chi connectivity index (χ4v) is 2.66. The predicted molar refractivity (Wildman–Crippen MR) is 85.4 cm³/mol. The molecule has 1 aliphatic rings. The third kappa shape index (κ3) is 3.41. The summed E-state index contributed by atoms with van der Waals surface area (Å²) in [4.78, 5) is 3.56. The number of nitrogens with one attached hydrogen (secondary N) is 1. The average Bonchev–Trinajstić information content (AvgIpc) is 2.99. The summed E-state index contributed by atoms with van der Waals surface area (Å²) in [5.74, 6) is -0.239. The molecule has 6 heteroatoms. The molecule has 2 unspecified atom stereocenters. The van der Waals surface area contributed by atoms with Gasteiger partial charge in [0.15, 0.2) is 0 Å². The Morgan fingerprint density at radius 3 is 2.48 bits per heavy atom. The van der Waals surface area contributed by atoms with Crippen LogP contribution in [-0.4, -0.2) is 15.2 Å². The molecule has 0 saturated carbocycles. The largest absolute Gasteiger partial charge is 0.356 e. The van der Waals surface area contributed by atoms with E-state index >= 15 is 0 Å². The summed E-state index contributed by atoms with van der Waals surface area (Å²) >= 11 is 6.16. The van der Waals surface area contributed by atoms with Crippen molar-refractivity contribution >= 4 is 11.6 Å². The van der Waals surface area contributed by atoms with Crippen LogP contribution in [0.5, 0.6) is 0 Å². The highest BCUT2D eigenvalue weighted by Crippen LogP contribution is 2.57. The van der Waals surface area contributed by atoms with Crippen LogP contribution < -0.4 is 0 Å². The van der Waals surface area contributed by atoms with Crippen LogP contribution in [0.2, 0.25) is 5.02 Å². The SMILES string of the molecule is CC1(c2ccc(F)cc2)OC1c1ccccc1Cl.c1nc[nH]n1. The van der Waals surface area contributed by atoms with Gasteiger partial charge < -0.3 is 4.74 Å². The normalized spacial score (nSPS) is 22.1. The van der Waals surface area contributed by atoms with Gasteiger partial charge in [-0.05, 0) is 30.7 Å². The molecule has 3 aromatic rings. The van der Waals surface area contributed by atoms with Crippen molar-refractivity contribution < 1.29 is 9.13 Å². The summed E-state index contributed by atoms with van der Waals surface area (Å²) in [5, 5.41) is 6.69. The van der Waals surface area contributed by atoms with Gasteiger partial charge in [0.2, 0.25) is 0 Å². The Balaban J connectivity index is 0.000000267. The second kappa shape index (κ2) is 6.48. The van der Waals surface area contributed by atoms with Crippen molar-refractivity contribution in [1.82, 2.24) is 15.2 Å². The molecule has 0 aliphatic carbocycles. The first-order valence-corrected chi connectivity index (χ1v) is 7.46. The third-order valence-electron chi connectivity index (χ3n) is 3.74. The van der Waals surface area contributed by atoms with Crippen LogP contribution in [0.4, 0.5) is 4.39 Å². The highest BCUT2D eigenvalue weighted by atomic mass is 35.5. The summed E-state index contributed by atoms with van der Waals surface area (Å²) in [6.45, 7) is 1.99. The van der Waals surface area contributed by atoms with Gasteiger partial charge in [0, 0.05) is 10.6 Å². The molecule has 1 saturated heterocycles. The molecule has 1 aromatic heterocycles. The van der Waals surface area contributed by atoms with Gasteiger partial charge in [0.05, 0.1) is 0 Å². The first-order valence-electron chi connectivity index (χ1n) is 7.08. The van der Waals surface area contributed by atoms with Crippen LogP contribution >= 0.6 is 11.6 Å². The van der Waals surface area contributed by atoms with E-state index in [-0.39, 0.29) is 11.9 Å². The van der Waals surface area contributed by atoms with Crippen molar-refractivity contribution in [3.63, 3.8) is 0 Å². The van der Waals surface area contributed by atoms with Crippen molar-refractivity contribution in [3.05, 3.63) is 83.2 Å². The number of nitrogens with zero attached hydrogens (tertiary/aromatic N) is 2. The highest BCUT2D eigenvalue weighted by molar-refractivity contribution is 6.31. The van der Waals surface area contributed by atoms with Gasteiger partial charge in [-0.3, -0.25) is 5.10 Å². The van der Waals surface area contributed by atoms with E-state index in [2.05, 4.69) is 15.2 Å². The van der Waals surface area contributed by atoms with Crippen LogP contribution in [0.25, 0.3) is 0 Å². The number of ether oxygens (including phenoxy) is 1. The lowest BCUT2D eigenvalue weighted by atomic mass is 9.93. The molecule has 0 amide bonds. The van der Waals surface area contributed by atoms with Crippen LogP contribution in [0.15, 0.2) is 61.2 Å². The van der Waals surface area contributed by atoms with Crippen LogP contribution in [-0.2, 0) is 10.3 Å². The third-order valence-corrected chi connectivity index (χ3v) is 4.09. The molecular weight excluding hydrogens is 317 g/mol. The Morgan fingerprint density at radius 1 is 1.17 bits per heavy atom. The molecule has 0 radical (unpaired) electrons. The van der Waals surface area contributed by atoms with Crippen molar-refractivity contribution in [2.24, 2.45) is 0 Å². The van der Waals surface area contributed by atoms with E-state index in [9.17, 15) is 4.39 Å². The van der Waals surface area contributed by atoms with Crippen molar-refractivity contribution in [3.8, 4) is 0 Å². The maximum Gasteiger partial charge on any atom is 0.137 e. The molecule has 1 N–H and O–H groups in total. The highest BCUT2D eigenvalue weighted by Gasteiger charge is 2.55. The topological polar surface area (TPSA) is 54.1 Å². The second-order valence-corrected chi connectivity index (χ2v) is 5.69. The zero-order valence-electron chi connectivity index (χ0n) is 12.4. The smallest absolute Gasteiger partial charge is 0.137 e. The Morgan fingerprint density at radius 2 is 1.91 bits per heavy atom. The van der Waals surface area contributed by atoms with Gasteiger partial charge in [0.25, 0.3) is 0 Å². The van der Waals surface area contributed by atoms with Crippen LogP contribution in [0.3, 0.4) is 0 Å². The minimum Gasteiger partial charge on any atom is -0.356 e. The summed E-state index contributed by atoms with van der Waals surface area (Å²) in [5.41, 5.74) is 1.54. The number of rotatable bonds is 2. The lowest BCUT2D eigenvalue weighted by Crippen LogP contribution is -2.04. The van der Waals surface area contributed by atoms with Gasteiger partial charge in [-0.25, -0.2) is 9.37 Å². The quantitative estimate of drug-likeness (QED) is 0.713. The van der Waals surface area contributed by atoms with E-state index in [1.807, 2.05) is 31.2 Å². The number of aromatic amines is 1. The maximum absolute atomic E-state index is 12.9. The van der Waals surface area contributed by atoms with E-state index in [0.717, 1.165) is 11.1 Å². The molecule has 2 aromatic carbocycles. The van der Waals surface area contributed by atoms with Gasteiger partial charge in [0.1, 0.15) is 30.2 Å². The Kier molecular flexibility index (Phi) is 4.41. The maximum atomic E-state index is 12.9. The van der Waals surface area contributed by atoms with Crippen molar-refractivity contribution in [2.75, 3.05) is 0 Å². The summed E-state index contributed by atoms with van der Waals surface area (Å²) in [6.07, 6.45) is 2.90. The number of aromatic nitrogens is 3. The molecule has 4 nitrogen and oxygen atoms in total. The molecular formula is C17H15ClFN3O. The van der Waals surface area contributed by atoms with E-state index in [1.165, 1.54) is 24.8 Å². The minimum atomic E-state index is -0.404. The number of benzene rings is 2. The van der Waals surface area contributed by atoms with Gasteiger partial charge >= 0.3 is 0 Å². The van der Waals surface area contributed by atoms with Crippen LogP contribution in [0.1, 0.15) is 24.2 Å². The molecule has 0 bridgehead atoms. The average molecular weight is 332 g/mol. The molecule has 1 fully saturated rings. The number of hydrogen-bond acceptors (Lipinski definition) is 3. The number of hydrogen-bond donors (Lipinski definition) is 1. The van der Waals surface area contributed by atoms with E-state index in [1.54, 1.807) is 12.1 Å². The molecule has 118 valence electrons. The van der Waals surface area contributed by atoms with Gasteiger partial charge in [-0.2, -0.15) is 5.10 Å². The number of halogens is 2. The fraction of sp³-hybridized carbons (Fsp3) is 0.176. The lowest BCUT2D eigenvalue weighted by molar-refractivity contribution is 0.313. The molecule has 2 atom stereocenters. The first kappa shape index (κ1) is 15.6. The molecule has 23 heavy (non-hydrogen) atoms. The zero-order valence-corrected chi connectivity index (χ0v) is 13.2. The van der Waals surface area contributed by atoms with E-state index in [4.69, 9.17) is 16.3 Å². The van der Waals surface area contributed by atoms with E-state index in [0.29, 0.717) is 5.02 Å². The second-order valence-electron chi connectivity index (χ2n) is 5.29. The predicted octanol–water partition coefficient (Wildman–Crippen LogP) is 4.27. The standard InChI is InChI=1S/C15H12ClFO.C2H3N3/c1-15(10-6-8-11(17)9-7-10)14(18-15)12-4-2-3-5-13(12)16;1-3-2-5-4-1/h2-9,14H,1H3;1-2H,(H,3,4,5). The summed E-state index contributed by atoms with van der Waals surface area (Å²) < 4.78 is 18.7. The zero-order chi connectivity index (χ0) is 16.3. The first-order chi connectivity index (χ1) is 11.1. The summed E-state index contributed by atoms with van der Waals surface area (Å²) in [7, 11) is 0. The number of epoxide rings is 1. The molecule has 4 rings (SSSR count). The van der Waals surface area contributed by atoms with Crippen molar-refractivity contribution in [2.45, 2.75) is 18.6 Å².